The van der Waals surface area contributed by atoms with Gasteiger partial charge >= 0.3 is 6.18 Å². The Morgan fingerprint density at radius 3 is 2.89 bits per heavy atom. The van der Waals surface area contributed by atoms with E-state index < -0.39 is 12.8 Å². The van der Waals surface area contributed by atoms with E-state index in [1.807, 2.05) is 10.8 Å². The van der Waals surface area contributed by atoms with Gasteiger partial charge in [0.05, 0.1) is 6.61 Å². The second kappa shape index (κ2) is 7.25. The summed E-state index contributed by atoms with van der Waals surface area (Å²) in [5.41, 5.74) is 0. The van der Waals surface area contributed by atoms with Crippen molar-refractivity contribution in [2.45, 2.75) is 32.5 Å². The van der Waals surface area contributed by atoms with E-state index in [0.717, 1.165) is 19.4 Å². The van der Waals surface area contributed by atoms with Crippen molar-refractivity contribution in [1.82, 2.24) is 9.55 Å². The summed E-state index contributed by atoms with van der Waals surface area (Å²) in [5, 5.41) is 2.95. The number of aryl methyl sites for hydroxylation is 1. The summed E-state index contributed by atoms with van der Waals surface area (Å²) >= 11 is 0. The summed E-state index contributed by atoms with van der Waals surface area (Å²) in [6, 6.07) is 0. The van der Waals surface area contributed by atoms with E-state index in [1.165, 1.54) is 0 Å². The first-order valence-corrected chi connectivity index (χ1v) is 5.92. The molecular formula is C11H18F3N3O. The van der Waals surface area contributed by atoms with Crippen LogP contribution in [0.1, 0.15) is 19.8 Å². The van der Waals surface area contributed by atoms with E-state index in [-0.39, 0.29) is 6.61 Å². The topological polar surface area (TPSA) is 39.1 Å². The van der Waals surface area contributed by atoms with Crippen molar-refractivity contribution in [3.63, 3.8) is 0 Å². The van der Waals surface area contributed by atoms with E-state index >= 15 is 0 Å². The summed E-state index contributed by atoms with van der Waals surface area (Å²) in [4.78, 5) is 4.09. The number of anilines is 1. The number of nitrogens with zero attached hydrogens (tertiary/aromatic N) is 2. The number of rotatable bonds is 8. The lowest BCUT2D eigenvalue weighted by Crippen LogP contribution is -2.20. The molecule has 104 valence electrons. The van der Waals surface area contributed by atoms with Gasteiger partial charge in [-0.05, 0) is 6.42 Å². The van der Waals surface area contributed by atoms with Gasteiger partial charge in [-0.1, -0.05) is 13.3 Å². The number of ether oxygens (including phenoxy) is 1. The third-order valence-corrected chi connectivity index (χ3v) is 2.26. The Morgan fingerprint density at radius 1 is 1.44 bits per heavy atom. The molecule has 0 amide bonds. The van der Waals surface area contributed by atoms with Crippen LogP contribution >= 0.6 is 0 Å². The van der Waals surface area contributed by atoms with Gasteiger partial charge in [-0.2, -0.15) is 13.2 Å². The van der Waals surface area contributed by atoms with Gasteiger partial charge in [-0.25, -0.2) is 4.98 Å². The van der Waals surface area contributed by atoms with Crippen LogP contribution in [-0.4, -0.2) is 35.5 Å². The van der Waals surface area contributed by atoms with Crippen molar-refractivity contribution >= 4 is 5.95 Å². The maximum Gasteiger partial charge on any atom is 0.411 e. The zero-order valence-electron chi connectivity index (χ0n) is 10.3. The molecule has 0 aliphatic heterocycles. The molecule has 0 radical (unpaired) electrons. The second-order valence-corrected chi connectivity index (χ2v) is 3.89. The monoisotopic (exact) mass is 265 g/mol. The molecule has 1 rings (SSSR count). The fourth-order valence-corrected chi connectivity index (χ4v) is 1.41. The van der Waals surface area contributed by atoms with Crippen molar-refractivity contribution in [2.24, 2.45) is 0 Å². The van der Waals surface area contributed by atoms with Crippen molar-refractivity contribution in [1.29, 1.82) is 0 Å². The van der Waals surface area contributed by atoms with Crippen LogP contribution in [0.3, 0.4) is 0 Å². The third kappa shape index (κ3) is 5.90. The first-order chi connectivity index (χ1) is 8.53. The fourth-order valence-electron chi connectivity index (χ4n) is 1.41. The minimum atomic E-state index is -4.26. The van der Waals surface area contributed by atoms with E-state index in [0.29, 0.717) is 12.5 Å². The third-order valence-electron chi connectivity index (χ3n) is 2.26. The fraction of sp³-hybridized carbons (Fsp3) is 0.727. The highest BCUT2D eigenvalue weighted by molar-refractivity contribution is 5.25. The highest BCUT2D eigenvalue weighted by Crippen LogP contribution is 2.14. The molecule has 1 heterocycles. The number of hydrogen-bond donors (Lipinski definition) is 1. The molecule has 0 spiro atoms. The second-order valence-electron chi connectivity index (χ2n) is 3.89. The lowest BCUT2D eigenvalue weighted by atomic mass is 10.3. The molecule has 1 aromatic rings. The highest BCUT2D eigenvalue weighted by Gasteiger charge is 2.27. The number of nitrogens with one attached hydrogen (secondary N) is 1. The predicted molar refractivity (Wildman–Crippen MR) is 62.5 cm³/mol. The van der Waals surface area contributed by atoms with E-state index in [2.05, 4.69) is 22.0 Å². The number of halogens is 3. The zero-order valence-corrected chi connectivity index (χ0v) is 10.3. The maximum absolute atomic E-state index is 11.8. The van der Waals surface area contributed by atoms with Gasteiger partial charge in [0.15, 0.2) is 0 Å². The molecule has 0 saturated carbocycles. The van der Waals surface area contributed by atoms with Crippen LogP contribution in [0.15, 0.2) is 12.4 Å². The van der Waals surface area contributed by atoms with Crippen LogP contribution in [0.2, 0.25) is 0 Å². The molecule has 0 atom stereocenters. The minimum Gasteiger partial charge on any atom is -0.370 e. The lowest BCUT2D eigenvalue weighted by Gasteiger charge is -2.10. The molecule has 0 bridgehead atoms. The largest absolute Gasteiger partial charge is 0.411 e. The predicted octanol–water partition coefficient (Wildman–Crippen LogP) is 2.67. The molecule has 1 N–H and O–H groups in total. The standard InChI is InChI=1S/C11H18F3N3O/c1-2-3-6-17-7-4-15-10(17)16-5-8-18-9-11(12,13)14/h4,7H,2-3,5-6,8-9H2,1H3,(H,15,16). The first kappa shape index (κ1) is 14.8. The summed E-state index contributed by atoms with van der Waals surface area (Å²) < 4.78 is 41.8. The SMILES string of the molecule is CCCCn1ccnc1NCCOCC(F)(F)F. The lowest BCUT2D eigenvalue weighted by molar-refractivity contribution is -0.172. The Balaban J connectivity index is 2.21. The molecule has 7 heteroatoms. The molecular weight excluding hydrogens is 247 g/mol. The Labute approximate surface area is 104 Å². The highest BCUT2D eigenvalue weighted by atomic mass is 19.4. The van der Waals surface area contributed by atoms with Crippen molar-refractivity contribution in [2.75, 3.05) is 25.1 Å². The number of alkyl halides is 3. The van der Waals surface area contributed by atoms with Crippen LogP contribution in [0.25, 0.3) is 0 Å². The average molecular weight is 265 g/mol. The van der Waals surface area contributed by atoms with Gasteiger partial charge in [0.1, 0.15) is 6.61 Å². The van der Waals surface area contributed by atoms with Crippen LogP contribution in [0.5, 0.6) is 0 Å². The van der Waals surface area contributed by atoms with Crippen molar-refractivity contribution in [3.8, 4) is 0 Å². The summed E-state index contributed by atoms with van der Waals surface area (Å²) in [7, 11) is 0. The number of hydrogen-bond acceptors (Lipinski definition) is 3. The zero-order chi connectivity index (χ0) is 13.4. The van der Waals surface area contributed by atoms with Gasteiger partial charge in [0.25, 0.3) is 0 Å². The summed E-state index contributed by atoms with van der Waals surface area (Å²) in [6.45, 7) is 2.04. The van der Waals surface area contributed by atoms with Crippen molar-refractivity contribution < 1.29 is 17.9 Å². The van der Waals surface area contributed by atoms with Crippen molar-refractivity contribution in [3.05, 3.63) is 12.4 Å². The van der Waals surface area contributed by atoms with E-state index in [1.54, 1.807) is 6.20 Å². The molecule has 0 unspecified atom stereocenters. The maximum atomic E-state index is 11.8. The number of imidazole rings is 1. The van der Waals surface area contributed by atoms with Gasteiger partial charge in [0.2, 0.25) is 5.95 Å². The number of aromatic nitrogens is 2. The Morgan fingerprint density at radius 2 is 2.22 bits per heavy atom. The molecule has 1 aromatic heterocycles. The molecule has 0 aromatic carbocycles. The molecule has 0 aliphatic carbocycles. The Kier molecular flexibility index (Phi) is 5.97. The molecule has 0 aliphatic rings. The van der Waals surface area contributed by atoms with E-state index in [9.17, 15) is 13.2 Å². The van der Waals surface area contributed by atoms with Gasteiger partial charge in [0, 0.05) is 25.5 Å². The molecule has 4 nitrogen and oxygen atoms in total. The van der Waals surface area contributed by atoms with E-state index in [4.69, 9.17) is 0 Å². The summed E-state index contributed by atoms with van der Waals surface area (Å²) in [5.74, 6) is 0.666. The van der Waals surface area contributed by atoms with Gasteiger partial charge in [-0.15, -0.1) is 0 Å². The van der Waals surface area contributed by atoms with Gasteiger partial charge < -0.3 is 14.6 Å². The Bertz CT molecular complexity index is 339. The number of unbranched alkanes of at least 4 members (excludes halogenated alkanes) is 1. The minimum absolute atomic E-state index is 0.000147. The van der Waals surface area contributed by atoms with Gasteiger partial charge in [-0.3, -0.25) is 0 Å². The normalized spacial score (nSPS) is 11.8. The molecule has 0 fully saturated rings. The summed E-state index contributed by atoms with van der Waals surface area (Å²) in [6.07, 6.45) is 1.35. The van der Waals surface area contributed by atoms with Crippen LogP contribution in [0, 0.1) is 0 Å². The average Bonchev–Trinajstić information content (AvgIpc) is 2.72. The first-order valence-electron chi connectivity index (χ1n) is 5.92. The van der Waals surface area contributed by atoms with Crippen LogP contribution < -0.4 is 5.32 Å². The van der Waals surface area contributed by atoms with Crippen LogP contribution in [-0.2, 0) is 11.3 Å². The molecule has 0 saturated heterocycles. The molecule has 18 heavy (non-hydrogen) atoms. The van der Waals surface area contributed by atoms with Crippen LogP contribution in [0.4, 0.5) is 19.1 Å². The quantitative estimate of drug-likeness (QED) is 0.734. The smallest absolute Gasteiger partial charge is 0.370 e. The Hall–Kier alpha value is -1.24.